The number of likely N-dealkylation sites (N-methyl/N-ethyl adjacent to an activating group) is 1. The predicted octanol–water partition coefficient (Wildman–Crippen LogP) is 2.78. The van der Waals surface area contributed by atoms with Crippen LogP contribution in [0.1, 0.15) is 24.8 Å². The molecule has 1 N–H and O–H groups in total. The molecule has 0 bridgehead atoms. The van der Waals surface area contributed by atoms with E-state index in [1.54, 1.807) is 0 Å². The molecule has 0 atom stereocenters. The van der Waals surface area contributed by atoms with E-state index >= 15 is 0 Å². The molecular formula is C13H18N2. The van der Waals surface area contributed by atoms with Crippen molar-refractivity contribution in [1.29, 1.82) is 0 Å². The summed E-state index contributed by atoms with van der Waals surface area (Å²) < 4.78 is 0. The van der Waals surface area contributed by atoms with Gasteiger partial charge in [-0.3, -0.25) is 0 Å². The molecule has 2 aliphatic rings. The summed E-state index contributed by atoms with van der Waals surface area (Å²) in [6.45, 7) is 3.27. The summed E-state index contributed by atoms with van der Waals surface area (Å²) in [5.74, 6) is 0. The van der Waals surface area contributed by atoms with Crippen molar-refractivity contribution in [3.63, 3.8) is 0 Å². The molecule has 3 rings (SSSR count). The Kier molecular flexibility index (Phi) is 1.76. The van der Waals surface area contributed by atoms with Crippen molar-refractivity contribution in [2.45, 2.75) is 31.7 Å². The average molecular weight is 202 g/mol. The maximum atomic E-state index is 3.57. The zero-order chi connectivity index (χ0) is 10.5. The topological polar surface area (TPSA) is 15.3 Å². The van der Waals surface area contributed by atoms with Crippen molar-refractivity contribution in [3.8, 4) is 0 Å². The van der Waals surface area contributed by atoms with E-state index in [-0.39, 0.29) is 0 Å². The fourth-order valence-corrected chi connectivity index (χ4v) is 2.80. The second-order valence-corrected chi connectivity index (χ2v) is 5.01. The number of anilines is 2. The molecule has 1 spiro atoms. The Morgan fingerprint density at radius 2 is 2.13 bits per heavy atom. The molecule has 0 unspecified atom stereocenters. The van der Waals surface area contributed by atoms with E-state index in [4.69, 9.17) is 0 Å². The molecule has 1 saturated carbocycles. The number of nitrogens with one attached hydrogen (secondary N) is 1. The van der Waals surface area contributed by atoms with Gasteiger partial charge in [0.05, 0.1) is 16.9 Å². The van der Waals surface area contributed by atoms with Crippen LogP contribution in [0.3, 0.4) is 0 Å². The van der Waals surface area contributed by atoms with Crippen LogP contribution in [0.2, 0.25) is 0 Å². The highest BCUT2D eigenvalue weighted by atomic mass is 15.3. The number of benzene rings is 1. The van der Waals surface area contributed by atoms with Crippen LogP contribution in [0.15, 0.2) is 18.2 Å². The van der Waals surface area contributed by atoms with Gasteiger partial charge in [-0.2, -0.15) is 0 Å². The van der Waals surface area contributed by atoms with E-state index in [0.717, 1.165) is 6.54 Å². The quantitative estimate of drug-likeness (QED) is 0.696. The Morgan fingerprint density at radius 1 is 1.33 bits per heavy atom. The van der Waals surface area contributed by atoms with Gasteiger partial charge in [0.15, 0.2) is 0 Å². The lowest BCUT2D eigenvalue weighted by Crippen LogP contribution is -2.59. The van der Waals surface area contributed by atoms with Crippen molar-refractivity contribution < 1.29 is 0 Å². The zero-order valence-electron chi connectivity index (χ0n) is 9.51. The van der Waals surface area contributed by atoms with Gasteiger partial charge in [0, 0.05) is 13.6 Å². The van der Waals surface area contributed by atoms with Crippen LogP contribution in [0.25, 0.3) is 0 Å². The van der Waals surface area contributed by atoms with Crippen LogP contribution >= 0.6 is 0 Å². The Morgan fingerprint density at radius 3 is 2.80 bits per heavy atom. The smallest absolute Gasteiger partial charge is 0.0607 e. The highest BCUT2D eigenvalue weighted by Gasteiger charge is 2.43. The highest BCUT2D eigenvalue weighted by Crippen LogP contribution is 2.45. The van der Waals surface area contributed by atoms with Gasteiger partial charge in [-0.25, -0.2) is 0 Å². The lowest BCUT2D eigenvalue weighted by atomic mass is 9.74. The highest BCUT2D eigenvalue weighted by molar-refractivity contribution is 5.74. The largest absolute Gasteiger partial charge is 0.381 e. The third-order valence-corrected chi connectivity index (χ3v) is 4.12. The van der Waals surface area contributed by atoms with Crippen LogP contribution in [-0.2, 0) is 0 Å². The van der Waals surface area contributed by atoms with Gasteiger partial charge in [-0.15, -0.1) is 0 Å². The molecule has 0 saturated heterocycles. The van der Waals surface area contributed by atoms with Crippen molar-refractivity contribution in [1.82, 2.24) is 0 Å². The monoisotopic (exact) mass is 202 g/mol. The molecule has 2 nitrogen and oxygen atoms in total. The minimum absolute atomic E-state index is 0.417. The van der Waals surface area contributed by atoms with E-state index in [2.05, 4.69) is 42.4 Å². The number of aryl methyl sites for hydroxylation is 1. The second kappa shape index (κ2) is 2.91. The first-order chi connectivity index (χ1) is 7.21. The summed E-state index contributed by atoms with van der Waals surface area (Å²) in [7, 11) is 2.25. The minimum atomic E-state index is 0.417. The molecule has 1 aliphatic carbocycles. The molecule has 2 heteroatoms. The number of hydrogen-bond acceptors (Lipinski definition) is 2. The first-order valence-corrected chi connectivity index (χ1v) is 5.80. The summed E-state index contributed by atoms with van der Waals surface area (Å²) in [5.41, 5.74) is 4.43. The molecule has 1 aromatic carbocycles. The Labute approximate surface area is 91.3 Å². The van der Waals surface area contributed by atoms with E-state index in [1.165, 1.54) is 36.2 Å². The van der Waals surface area contributed by atoms with Crippen LogP contribution in [0, 0.1) is 6.92 Å². The maximum absolute atomic E-state index is 3.57. The summed E-state index contributed by atoms with van der Waals surface area (Å²) >= 11 is 0. The third kappa shape index (κ3) is 1.17. The summed E-state index contributed by atoms with van der Waals surface area (Å²) in [6.07, 6.45) is 4.06. The molecule has 1 fully saturated rings. The Bertz CT molecular complexity index is 394. The van der Waals surface area contributed by atoms with Gasteiger partial charge in [0.25, 0.3) is 0 Å². The second-order valence-electron chi connectivity index (χ2n) is 5.01. The first-order valence-electron chi connectivity index (χ1n) is 5.80. The van der Waals surface area contributed by atoms with Crippen LogP contribution < -0.4 is 10.2 Å². The van der Waals surface area contributed by atoms with Gasteiger partial charge in [0.1, 0.15) is 0 Å². The molecule has 1 aromatic rings. The summed E-state index contributed by atoms with van der Waals surface area (Å²) in [6, 6.07) is 6.67. The average Bonchev–Trinajstić information content (AvgIpc) is 2.17. The lowest BCUT2D eigenvalue weighted by Gasteiger charge is -2.53. The standard InChI is InChI=1S/C13H18N2/c1-10-4-5-11-12(8-10)15(2)13(9-14-11)6-3-7-13/h4-5,8,14H,3,6-7,9H2,1-2H3. The number of nitrogens with zero attached hydrogens (tertiary/aromatic N) is 1. The molecule has 0 radical (unpaired) electrons. The van der Waals surface area contributed by atoms with E-state index < -0.39 is 0 Å². The third-order valence-electron chi connectivity index (χ3n) is 4.12. The number of hydrogen-bond donors (Lipinski definition) is 1. The van der Waals surface area contributed by atoms with Crippen molar-refractivity contribution in [2.75, 3.05) is 23.8 Å². The summed E-state index contributed by atoms with van der Waals surface area (Å²) in [5, 5.41) is 3.57. The predicted molar refractivity (Wildman–Crippen MR) is 64.7 cm³/mol. The van der Waals surface area contributed by atoms with E-state index in [1.807, 2.05) is 0 Å². The van der Waals surface area contributed by atoms with Crippen molar-refractivity contribution in [3.05, 3.63) is 23.8 Å². The van der Waals surface area contributed by atoms with Crippen LogP contribution in [0.4, 0.5) is 11.4 Å². The normalized spacial score (nSPS) is 21.9. The fraction of sp³-hybridized carbons (Fsp3) is 0.538. The molecular weight excluding hydrogens is 184 g/mol. The van der Waals surface area contributed by atoms with Gasteiger partial charge in [-0.1, -0.05) is 6.07 Å². The van der Waals surface area contributed by atoms with Gasteiger partial charge in [-0.05, 0) is 43.9 Å². The van der Waals surface area contributed by atoms with Crippen molar-refractivity contribution in [2.24, 2.45) is 0 Å². The van der Waals surface area contributed by atoms with Gasteiger partial charge >= 0.3 is 0 Å². The minimum Gasteiger partial charge on any atom is -0.381 e. The van der Waals surface area contributed by atoms with Gasteiger partial charge in [0.2, 0.25) is 0 Å². The summed E-state index contributed by atoms with van der Waals surface area (Å²) in [4.78, 5) is 2.50. The number of rotatable bonds is 0. The van der Waals surface area contributed by atoms with E-state index in [9.17, 15) is 0 Å². The molecule has 80 valence electrons. The molecule has 1 aliphatic heterocycles. The van der Waals surface area contributed by atoms with E-state index in [0.29, 0.717) is 5.54 Å². The zero-order valence-corrected chi connectivity index (χ0v) is 9.51. The first kappa shape index (κ1) is 9.08. The fourth-order valence-electron chi connectivity index (χ4n) is 2.80. The number of fused-ring (bicyclic) bond motifs is 1. The van der Waals surface area contributed by atoms with Gasteiger partial charge < -0.3 is 10.2 Å². The molecule has 0 aromatic heterocycles. The SMILES string of the molecule is Cc1ccc2c(c1)N(C)C1(CCC1)CN2. The maximum Gasteiger partial charge on any atom is 0.0607 e. The molecule has 15 heavy (non-hydrogen) atoms. The molecule has 1 heterocycles. The Hall–Kier alpha value is -1.18. The van der Waals surface area contributed by atoms with Crippen LogP contribution in [0.5, 0.6) is 0 Å². The van der Waals surface area contributed by atoms with Crippen molar-refractivity contribution >= 4 is 11.4 Å². The molecule has 0 amide bonds. The lowest BCUT2D eigenvalue weighted by molar-refractivity contribution is 0.249. The van der Waals surface area contributed by atoms with Crippen LogP contribution in [-0.4, -0.2) is 19.1 Å². The Balaban J connectivity index is 2.04.